The van der Waals surface area contributed by atoms with Gasteiger partial charge in [-0.15, -0.1) is 0 Å². The predicted octanol–water partition coefficient (Wildman–Crippen LogP) is 1.34. The molecule has 136 valence electrons. The van der Waals surface area contributed by atoms with Crippen molar-refractivity contribution in [2.75, 3.05) is 7.05 Å². The third kappa shape index (κ3) is 3.73. The van der Waals surface area contributed by atoms with E-state index in [2.05, 4.69) is 10.6 Å². The predicted molar refractivity (Wildman–Crippen MR) is 95.5 cm³/mol. The highest BCUT2D eigenvalue weighted by Crippen LogP contribution is 2.28. The third-order valence-corrected chi connectivity index (χ3v) is 4.30. The molecule has 7 heteroatoms. The number of aromatic carboxylic acids is 1. The van der Waals surface area contributed by atoms with Crippen LogP contribution in [0.5, 0.6) is 0 Å². The number of nitrogens with one attached hydrogen (secondary N) is 2. The van der Waals surface area contributed by atoms with Gasteiger partial charge in [0.05, 0.1) is 5.56 Å². The van der Waals surface area contributed by atoms with E-state index in [1.165, 1.54) is 26.1 Å². The lowest BCUT2D eigenvalue weighted by atomic mass is 9.87. The second-order valence-corrected chi connectivity index (χ2v) is 5.95. The number of aliphatic hydroxyl groups excluding tert-OH is 1. The Morgan fingerprint density at radius 1 is 1.04 bits per heavy atom. The molecule has 0 aliphatic heterocycles. The first kappa shape index (κ1) is 19.1. The normalized spacial score (nSPS) is 14.0. The summed E-state index contributed by atoms with van der Waals surface area (Å²) in [6.45, 7) is 1.43. The van der Waals surface area contributed by atoms with Crippen molar-refractivity contribution in [3.63, 3.8) is 0 Å². The van der Waals surface area contributed by atoms with E-state index >= 15 is 0 Å². The summed E-state index contributed by atoms with van der Waals surface area (Å²) >= 11 is 0. The van der Waals surface area contributed by atoms with Gasteiger partial charge in [-0.3, -0.25) is 9.59 Å². The molecule has 0 heterocycles. The van der Waals surface area contributed by atoms with Crippen molar-refractivity contribution in [2.24, 2.45) is 0 Å². The van der Waals surface area contributed by atoms with E-state index in [1.807, 2.05) is 0 Å². The fraction of sp³-hybridized carbons (Fsp3) is 0.211. The molecule has 0 spiro atoms. The number of hydrogen-bond donors (Lipinski definition) is 4. The molecule has 2 aromatic carbocycles. The Morgan fingerprint density at radius 2 is 1.54 bits per heavy atom. The number of carbonyl (C=O) groups excluding carboxylic acids is 2. The summed E-state index contributed by atoms with van der Waals surface area (Å²) in [6.07, 6.45) is -0.882. The number of aliphatic hydroxyl groups is 1. The lowest BCUT2D eigenvalue weighted by Gasteiger charge is -2.32. The minimum atomic E-state index is -1.51. The van der Waals surface area contributed by atoms with Gasteiger partial charge in [0.15, 0.2) is 0 Å². The molecule has 2 amide bonds. The Bertz CT molecular complexity index is 802. The van der Waals surface area contributed by atoms with Gasteiger partial charge < -0.3 is 20.8 Å². The van der Waals surface area contributed by atoms with Crippen LogP contribution in [-0.4, -0.2) is 41.1 Å². The molecule has 0 saturated carbocycles. The van der Waals surface area contributed by atoms with Crippen molar-refractivity contribution in [1.82, 2.24) is 10.6 Å². The minimum Gasteiger partial charge on any atom is -0.478 e. The molecule has 0 fully saturated rings. The Kier molecular flexibility index (Phi) is 5.74. The molecular formula is C19H20N2O5. The summed E-state index contributed by atoms with van der Waals surface area (Å²) in [5.41, 5.74) is 0.777. The van der Waals surface area contributed by atoms with Gasteiger partial charge in [-0.2, -0.15) is 0 Å². The van der Waals surface area contributed by atoms with Crippen molar-refractivity contribution in [3.05, 3.63) is 59.7 Å². The summed E-state index contributed by atoms with van der Waals surface area (Å²) in [6, 6.07) is 13.2. The third-order valence-electron chi connectivity index (χ3n) is 4.30. The van der Waals surface area contributed by atoms with Crippen LogP contribution < -0.4 is 10.6 Å². The van der Waals surface area contributed by atoms with E-state index in [4.69, 9.17) is 5.11 Å². The first-order valence-corrected chi connectivity index (χ1v) is 7.88. The van der Waals surface area contributed by atoms with Gasteiger partial charge >= 0.3 is 5.97 Å². The highest BCUT2D eigenvalue weighted by molar-refractivity contribution is 5.89. The van der Waals surface area contributed by atoms with Crippen LogP contribution in [0.3, 0.4) is 0 Å². The van der Waals surface area contributed by atoms with Crippen LogP contribution in [0.4, 0.5) is 0 Å². The monoisotopic (exact) mass is 356 g/mol. The highest BCUT2D eigenvalue weighted by Gasteiger charge is 2.40. The largest absolute Gasteiger partial charge is 0.478 e. The Balaban J connectivity index is 2.28. The van der Waals surface area contributed by atoms with E-state index < -0.39 is 23.5 Å². The van der Waals surface area contributed by atoms with Crippen LogP contribution in [0.15, 0.2) is 48.5 Å². The SMILES string of the molecule is CNC(=O)C(C)(NC=O)C(O)c1ccc(-c2ccc(C(=O)O)cc2)cc1. The second kappa shape index (κ2) is 7.79. The lowest BCUT2D eigenvalue weighted by molar-refractivity contribution is -0.134. The molecule has 2 unspecified atom stereocenters. The zero-order valence-corrected chi connectivity index (χ0v) is 14.4. The lowest BCUT2D eigenvalue weighted by Crippen LogP contribution is -2.57. The number of carbonyl (C=O) groups is 3. The van der Waals surface area contributed by atoms with Gasteiger partial charge in [0.1, 0.15) is 11.6 Å². The van der Waals surface area contributed by atoms with Crippen LogP contribution in [0.2, 0.25) is 0 Å². The molecule has 0 aliphatic rings. The van der Waals surface area contributed by atoms with E-state index in [0.717, 1.165) is 11.1 Å². The van der Waals surface area contributed by atoms with Gasteiger partial charge in [0.25, 0.3) is 0 Å². The van der Waals surface area contributed by atoms with Gasteiger partial charge in [0, 0.05) is 7.05 Å². The molecule has 26 heavy (non-hydrogen) atoms. The molecular weight excluding hydrogens is 336 g/mol. The number of benzene rings is 2. The van der Waals surface area contributed by atoms with E-state index in [1.54, 1.807) is 36.4 Å². The van der Waals surface area contributed by atoms with Crippen LogP contribution in [0.25, 0.3) is 11.1 Å². The summed E-state index contributed by atoms with van der Waals surface area (Å²) in [5.74, 6) is -1.52. The van der Waals surface area contributed by atoms with Crippen LogP contribution in [0, 0.1) is 0 Å². The summed E-state index contributed by atoms with van der Waals surface area (Å²) in [4.78, 5) is 33.8. The average Bonchev–Trinajstić information content (AvgIpc) is 2.67. The highest BCUT2D eigenvalue weighted by atomic mass is 16.4. The van der Waals surface area contributed by atoms with E-state index in [-0.39, 0.29) is 5.56 Å². The summed E-state index contributed by atoms with van der Waals surface area (Å²) in [7, 11) is 1.42. The van der Waals surface area contributed by atoms with Crippen molar-refractivity contribution in [1.29, 1.82) is 0 Å². The van der Waals surface area contributed by atoms with Crippen molar-refractivity contribution < 1.29 is 24.6 Å². The Morgan fingerprint density at radius 3 is 1.96 bits per heavy atom. The van der Waals surface area contributed by atoms with Crippen molar-refractivity contribution in [3.8, 4) is 11.1 Å². The Labute approximate surface area is 150 Å². The van der Waals surface area contributed by atoms with Gasteiger partial charge in [0.2, 0.25) is 12.3 Å². The first-order chi connectivity index (χ1) is 12.3. The maximum absolute atomic E-state index is 12.1. The summed E-state index contributed by atoms with van der Waals surface area (Å²) < 4.78 is 0. The molecule has 0 bridgehead atoms. The molecule has 2 rings (SSSR count). The number of amides is 2. The van der Waals surface area contributed by atoms with Crippen molar-refractivity contribution in [2.45, 2.75) is 18.6 Å². The standard InChI is InChI=1S/C19H20N2O5/c1-19(21-11-22,18(26)20-2)16(23)14-7-3-12(4-8-14)13-5-9-15(10-6-13)17(24)25/h3-11,16,23H,1-2H3,(H,20,26)(H,21,22)(H,24,25). The fourth-order valence-corrected chi connectivity index (χ4v) is 2.65. The zero-order chi connectivity index (χ0) is 19.3. The molecule has 0 radical (unpaired) electrons. The summed E-state index contributed by atoms with van der Waals surface area (Å²) in [5, 5.41) is 24.3. The van der Waals surface area contributed by atoms with E-state index in [0.29, 0.717) is 12.0 Å². The molecule has 4 N–H and O–H groups in total. The van der Waals surface area contributed by atoms with E-state index in [9.17, 15) is 19.5 Å². The van der Waals surface area contributed by atoms with Gasteiger partial charge in [-0.05, 0) is 35.7 Å². The molecule has 0 saturated heterocycles. The fourth-order valence-electron chi connectivity index (χ4n) is 2.65. The van der Waals surface area contributed by atoms with Gasteiger partial charge in [-0.25, -0.2) is 4.79 Å². The number of hydrogen-bond acceptors (Lipinski definition) is 4. The topological polar surface area (TPSA) is 116 Å². The smallest absolute Gasteiger partial charge is 0.335 e. The molecule has 0 aliphatic carbocycles. The second-order valence-electron chi connectivity index (χ2n) is 5.95. The first-order valence-electron chi connectivity index (χ1n) is 7.88. The average molecular weight is 356 g/mol. The van der Waals surface area contributed by atoms with Crippen LogP contribution >= 0.6 is 0 Å². The molecule has 7 nitrogen and oxygen atoms in total. The van der Waals surface area contributed by atoms with Crippen LogP contribution in [-0.2, 0) is 9.59 Å². The molecule has 0 aromatic heterocycles. The maximum atomic E-state index is 12.1. The van der Waals surface area contributed by atoms with Gasteiger partial charge in [-0.1, -0.05) is 36.4 Å². The zero-order valence-electron chi connectivity index (χ0n) is 14.4. The number of rotatable bonds is 7. The molecule has 2 aromatic rings. The molecule has 2 atom stereocenters. The number of carboxylic acid groups (broad SMARTS) is 1. The minimum absolute atomic E-state index is 0.196. The Hall–Kier alpha value is -3.19. The van der Waals surface area contributed by atoms with Crippen LogP contribution in [0.1, 0.15) is 28.9 Å². The van der Waals surface area contributed by atoms with Crippen molar-refractivity contribution >= 4 is 18.3 Å². The maximum Gasteiger partial charge on any atom is 0.335 e. The number of carboxylic acids is 1. The number of likely N-dealkylation sites (N-methyl/N-ethyl adjacent to an activating group) is 1. The quantitative estimate of drug-likeness (QED) is 0.559.